The summed E-state index contributed by atoms with van der Waals surface area (Å²) >= 11 is 3.15. The number of nitrogens with zero attached hydrogens (tertiary/aromatic N) is 3. The molecule has 0 fully saturated rings. The highest BCUT2D eigenvalue weighted by Gasteiger charge is 2.16. The molecule has 0 bridgehead atoms. The van der Waals surface area contributed by atoms with Gasteiger partial charge in [0.15, 0.2) is 6.61 Å². The van der Waals surface area contributed by atoms with Crippen LogP contribution in [0, 0.1) is 24.0 Å². The predicted molar refractivity (Wildman–Crippen MR) is 96.8 cm³/mol. The van der Waals surface area contributed by atoms with Gasteiger partial charge in [-0.25, -0.2) is 0 Å². The summed E-state index contributed by atoms with van der Waals surface area (Å²) in [7, 11) is 1.78. The highest BCUT2D eigenvalue weighted by atomic mass is 79.9. The molecule has 2 rings (SSSR count). The largest absolute Gasteiger partial charge is 0.455 e. The molecule has 1 N–H and O–H groups in total. The van der Waals surface area contributed by atoms with Gasteiger partial charge in [-0.2, -0.15) is 5.10 Å². The molecule has 0 aliphatic heterocycles. The quantitative estimate of drug-likeness (QED) is 0.432. The van der Waals surface area contributed by atoms with Gasteiger partial charge in [0, 0.05) is 34.9 Å². The maximum atomic E-state index is 11.9. The summed E-state index contributed by atoms with van der Waals surface area (Å²) in [5.41, 5.74) is 2.61. The normalized spacial score (nSPS) is 10.5. The molecule has 1 aromatic heterocycles. The van der Waals surface area contributed by atoms with E-state index in [0.29, 0.717) is 10.2 Å². The number of hydrogen-bond acceptors (Lipinski definition) is 6. The number of nitrogens with one attached hydrogen (secondary N) is 1. The average molecular weight is 425 g/mol. The summed E-state index contributed by atoms with van der Waals surface area (Å²) in [6, 6.07) is 3.93. The predicted octanol–water partition coefficient (Wildman–Crippen LogP) is 2.43. The molecule has 0 radical (unpaired) electrons. The number of rotatable bonds is 6. The van der Waals surface area contributed by atoms with Gasteiger partial charge in [-0.3, -0.25) is 24.4 Å². The molecule has 2 aromatic rings. The Morgan fingerprint density at radius 1 is 1.38 bits per heavy atom. The molecule has 0 aliphatic rings. The van der Waals surface area contributed by atoms with Crippen LogP contribution in [0.2, 0.25) is 0 Å². The average Bonchev–Trinajstić information content (AvgIpc) is 2.81. The Morgan fingerprint density at radius 3 is 2.62 bits per heavy atom. The summed E-state index contributed by atoms with van der Waals surface area (Å²) in [5, 5.41) is 17.4. The number of halogens is 1. The monoisotopic (exact) mass is 424 g/mol. The summed E-state index contributed by atoms with van der Waals surface area (Å²) in [6.07, 6.45) is 0.0278. The van der Waals surface area contributed by atoms with Gasteiger partial charge in [-0.15, -0.1) is 0 Å². The van der Waals surface area contributed by atoms with Crippen LogP contribution in [0.1, 0.15) is 17.0 Å². The van der Waals surface area contributed by atoms with Crippen molar-refractivity contribution in [1.82, 2.24) is 9.78 Å². The molecule has 9 nitrogen and oxygen atoms in total. The number of non-ortho nitro benzene ring substituents is 1. The maximum absolute atomic E-state index is 11.9. The molecule has 1 aromatic carbocycles. The zero-order valence-electron chi connectivity index (χ0n) is 14.4. The van der Waals surface area contributed by atoms with Crippen LogP contribution in [0.3, 0.4) is 0 Å². The molecule has 0 aliphatic carbocycles. The van der Waals surface area contributed by atoms with Crippen molar-refractivity contribution in [2.75, 3.05) is 11.9 Å². The van der Waals surface area contributed by atoms with Crippen molar-refractivity contribution in [3.63, 3.8) is 0 Å². The third kappa shape index (κ3) is 4.66. The number of anilines is 1. The van der Waals surface area contributed by atoms with Crippen LogP contribution in [0.25, 0.3) is 0 Å². The minimum Gasteiger partial charge on any atom is -0.455 e. The third-order valence-electron chi connectivity index (χ3n) is 3.78. The van der Waals surface area contributed by atoms with Crippen LogP contribution >= 0.6 is 15.9 Å². The lowest BCUT2D eigenvalue weighted by Gasteiger charge is -2.08. The lowest BCUT2D eigenvalue weighted by Crippen LogP contribution is -2.22. The van der Waals surface area contributed by atoms with Gasteiger partial charge in [-0.1, -0.05) is 0 Å². The Balaban J connectivity index is 1.90. The fraction of sp³-hybridized carbons (Fsp3) is 0.312. The topological polar surface area (TPSA) is 116 Å². The van der Waals surface area contributed by atoms with Gasteiger partial charge in [-0.05, 0) is 35.8 Å². The highest BCUT2D eigenvalue weighted by molar-refractivity contribution is 9.10. The van der Waals surface area contributed by atoms with Crippen molar-refractivity contribution in [1.29, 1.82) is 0 Å². The summed E-state index contributed by atoms with van der Waals surface area (Å²) in [6.45, 7) is 3.19. The Morgan fingerprint density at radius 2 is 2.08 bits per heavy atom. The van der Waals surface area contributed by atoms with Crippen molar-refractivity contribution < 1.29 is 19.2 Å². The number of carbonyl (C=O) groups excluding carboxylic acids is 2. The second-order valence-corrected chi connectivity index (χ2v) is 6.43. The number of amides is 1. The summed E-state index contributed by atoms with van der Waals surface area (Å²) < 4.78 is 7.02. The van der Waals surface area contributed by atoms with Crippen LogP contribution in [-0.2, 0) is 27.8 Å². The summed E-state index contributed by atoms with van der Waals surface area (Å²) in [4.78, 5) is 34.0. The number of hydrogen-bond donors (Lipinski definition) is 1. The van der Waals surface area contributed by atoms with Crippen LogP contribution in [0.5, 0.6) is 0 Å². The van der Waals surface area contributed by atoms with E-state index in [9.17, 15) is 19.7 Å². The van der Waals surface area contributed by atoms with Crippen molar-refractivity contribution in [3.8, 4) is 0 Å². The van der Waals surface area contributed by atoms with E-state index in [1.54, 1.807) is 18.7 Å². The van der Waals surface area contributed by atoms with Gasteiger partial charge in [0.2, 0.25) is 0 Å². The van der Waals surface area contributed by atoms with Crippen LogP contribution in [0.15, 0.2) is 22.7 Å². The number of aryl methyl sites for hydroxylation is 2. The SMILES string of the molecule is Cc1nn(C)c(C)c1CC(=O)OCC(=O)Nc1ccc([N+](=O)[O-])cc1Br. The molecule has 1 heterocycles. The number of ether oxygens (including phenoxy) is 1. The van der Waals surface area contributed by atoms with Gasteiger partial charge in [0.05, 0.1) is 22.7 Å². The Hall–Kier alpha value is -2.75. The lowest BCUT2D eigenvalue weighted by atomic mass is 10.1. The van der Waals surface area contributed by atoms with E-state index in [-0.39, 0.29) is 12.1 Å². The summed E-state index contributed by atoms with van der Waals surface area (Å²) in [5.74, 6) is -1.09. The molecule has 0 spiro atoms. The van der Waals surface area contributed by atoms with E-state index in [1.165, 1.54) is 18.2 Å². The van der Waals surface area contributed by atoms with E-state index in [2.05, 4.69) is 26.3 Å². The Bertz CT molecular complexity index is 878. The van der Waals surface area contributed by atoms with Crippen molar-refractivity contribution in [3.05, 3.63) is 49.7 Å². The molecular formula is C16H17BrN4O5. The first-order valence-corrected chi connectivity index (χ1v) is 8.36. The van der Waals surface area contributed by atoms with E-state index in [4.69, 9.17) is 4.74 Å². The van der Waals surface area contributed by atoms with Gasteiger partial charge in [0.25, 0.3) is 11.6 Å². The fourth-order valence-corrected chi connectivity index (χ4v) is 2.79. The second kappa shape index (κ2) is 8.09. The molecular weight excluding hydrogens is 408 g/mol. The molecule has 26 heavy (non-hydrogen) atoms. The standard InChI is InChI=1S/C16H17BrN4O5/c1-9-12(10(2)20(3)19-9)7-16(23)26-8-15(22)18-14-5-4-11(21(24)25)6-13(14)17/h4-6H,7-8H2,1-3H3,(H,18,22). The zero-order valence-corrected chi connectivity index (χ0v) is 16.0. The minimum absolute atomic E-state index is 0.0278. The maximum Gasteiger partial charge on any atom is 0.310 e. The number of nitro groups is 1. The molecule has 0 saturated heterocycles. The van der Waals surface area contributed by atoms with Crippen molar-refractivity contribution >= 4 is 39.2 Å². The van der Waals surface area contributed by atoms with E-state index < -0.39 is 23.4 Å². The van der Waals surface area contributed by atoms with Crippen LogP contribution < -0.4 is 5.32 Å². The first-order chi connectivity index (χ1) is 12.2. The van der Waals surface area contributed by atoms with E-state index >= 15 is 0 Å². The minimum atomic E-state index is -0.549. The van der Waals surface area contributed by atoms with Crippen LogP contribution in [0.4, 0.5) is 11.4 Å². The second-order valence-electron chi connectivity index (χ2n) is 5.58. The molecule has 138 valence electrons. The van der Waals surface area contributed by atoms with Gasteiger partial charge < -0.3 is 10.1 Å². The Kier molecular flexibility index (Phi) is 6.09. The number of aromatic nitrogens is 2. The number of esters is 1. The highest BCUT2D eigenvalue weighted by Crippen LogP contribution is 2.27. The molecule has 0 atom stereocenters. The van der Waals surface area contributed by atoms with Crippen molar-refractivity contribution in [2.24, 2.45) is 7.05 Å². The van der Waals surface area contributed by atoms with Crippen molar-refractivity contribution in [2.45, 2.75) is 20.3 Å². The van der Waals surface area contributed by atoms with Gasteiger partial charge >= 0.3 is 5.97 Å². The van der Waals surface area contributed by atoms with E-state index in [1.807, 2.05) is 6.92 Å². The Labute approximate surface area is 157 Å². The van der Waals surface area contributed by atoms with Gasteiger partial charge in [0.1, 0.15) is 0 Å². The first-order valence-electron chi connectivity index (χ1n) is 7.57. The molecule has 0 unspecified atom stereocenters. The molecule has 0 saturated carbocycles. The van der Waals surface area contributed by atoms with Crippen LogP contribution in [-0.4, -0.2) is 33.2 Å². The number of carbonyl (C=O) groups is 2. The fourth-order valence-electron chi connectivity index (χ4n) is 2.32. The number of benzene rings is 1. The third-order valence-corrected chi connectivity index (χ3v) is 4.44. The smallest absolute Gasteiger partial charge is 0.310 e. The molecule has 1 amide bonds. The number of nitro benzene ring substituents is 1. The van der Waals surface area contributed by atoms with E-state index in [0.717, 1.165) is 17.0 Å². The zero-order chi connectivity index (χ0) is 19.4. The lowest BCUT2D eigenvalue weighted by molar-refractivity contribution is -0.384. The first kappa shape index (κ1) is 19.6. The molecule has 10 heteroatoms.